The average Bonchev–Trinajstić information content (AvgIpc) is 3.20. The molecule has 0 bridgehead atoms. The van der Waals surface area contributed by atoms with Gasteiger partial charge in [-0.2, -0.15) is 0 Å². The van der Waals surface area contributed by atoms with Crippen molar-refractivity contribution in [3.8, 4) is 0 Å². The highest BCUT2D eigenvalue weighted by molar-refractivity contribution is 5.86. The maximum absolute atomic E-state index is 5.56. The second-order valence-electron chi connectivity index (χ2n) is 4.70. The number of hydrogen-bond acceptors (Lipinski definition) is 6. The molecule has 8 nitrogen and oxygen atoms in total. The van der Waals surface area contributed by atoms with E-state index in [9.17, 15) is 0 Å². The molecule has 0 saturated carbocycles. The Bertz CT molecular complexity index is 708. The molecule has 0 aliphatic carbocycles. The lowest BCUT2D eigenvalue weighted by molar-refractivity contribution is 0.183. The van der Waals surface area contributed by atoms with E-state index in [-0.39, 0.29) is 12.1 Å². The second-order valence-corrected chi connectivity index (χ2v) is 4.70. The molecule has 0 unspecified atom stereocenters. The molecule has 8 heteroatoms. The van der Waals surface area contributed by atoms with Crippen LogP contribution in [-0.2, 0) is 4.74 Å². The van der Waals surface area contributed by atoms with Crippen LogP contribution in [0, 0.1) is 0 Å². The summed E-state index contributed by atoms with van der Waals surface area (Å²) in [6.45, 7) is 1.23. The highest BCUT2D eigenvalue weighted by atomic mass is 16.5. The normalized spacial score (nSPS) is 22.4. The summed E-state index contributed by atoms with van der Waals surface area (Å²) in [5.41, 5.74) is 0.818. The Labute approximate surface area is 114 Å². The first-order chi connectivity index (χ1) is 9.92. The Balaban J connectivity index is 1.63. The lowest BCUT2D eigenvalue weighted by atomic mass is 10.1. The molecule has 4 rings (SSSR count). The lowest BCUT2D eigenvalue weighted by Crippen LogP contribution is -2.31. The third-order valence-corrected chi connectivity index (χ3v) is 3.51. The Hall–Kier alpha value is -2.48. The molecule has 2 atom stereocenters. The monoisotopic (exact) mass is 271 g/mol. The number of anilines is 1. The van der Waals surface area contributed by atoms with Gasteiger partial charge in [-0.25, -0.2) is 14.6 Å². The molecule has 3 aromatic heterocycles. The summed E-state index contributed by atoms with van der Waals surface area (Å²) >= 11 is 0. The Morgan fingerprint density at radius 1 is 1.35 bits per heavy atom. The number of H-pyrrole nitrogens is 1. The molecular formula is C12H13N7O. The summed E-state index contributed by atoms with van der Waals surface area (Å²) in [4.78, 5) is 11.6. The number of nitrogens with zero attached hydrogens (tertiary/aromatic N) is 5. The number of aromatic amines is 1. The van der Waals surface area contributed by atoms with Crippen molar-refractivity contribution in [2.45, 2.75) is 12.1 Å². The van der Waals surface area contributed by atoms with E-state index in [2.05, 4.69) is 30.6 Å². The number of nitrogens with one attached hydrogen (secondary N) is 2. The quantitative estimate of drug-likeness (QED) is 0.724. The zero-order valence-corrected chi connectivity index (χ0v) is 10.6. The Kier molecular flexibility index (Phi) is 2.59. The van der Waals surface area contributed by atoms with Crippen molar-refractivity contribution in [3.63, 3.8) is 0 Å². The molecule has 3 aromatic rings. The Morgan fingerprint density at radius 2 is 2.35 bits per heavy atom. The predicted molar refractivity (Wildman–Crippen MR) is 71.2 cm³/mol. The van der Waals surface area contributed by atoms with Crippen molar-refractivity contribution in [1.82, 2.24) is 29.9 Å². The molecular weight excluding hydrogens is 258 g/mol. The van der Waals surface area contributed by atoms with E-state index in [4.69, 9.17) is 4.74 Å². The minimum Gasteiger partial charge on any atom is -0.377 e. The van der Waals surface area contributed by atoms with E-state index in [1.807, 2.05) is 23.1 Å². The molecule has 0 aromatic carbocycles. The van der Waals surface area contributed by atoms with Crippen LogP contribution in [0.4, 0.5) is 5.82 Å². The SMILES string of the molecule is c1cn([C@@H]2COC[C@@H]2Nc2ncnc3[nH]ccc23)nn1. The fraction of sp³-hybridized carbons (Fsp3) is 0.333. The van der Waals surface area contributed by atoms with Crippen LogP contribution in [0.15, 0.2) is 31.0 Å². The van der Waals surface area contributed by atoms with Gasteiger partial charge in [0.15, 0.2) is 0 Å². The molecule has 0 radical (unpaired) electrons. The smallest absolute Gasteiger partial charge is 0.142 e. The van der Waals surface area contributed by atoms with E-state index in [0.717, 1.165) is 16.9 Å². The van der Waals surface area contributed by atoms with E-state index in [1.165, 1.54) is 0 Å². The van der Waals surface area contributed by atoms with Crippen molar-refractivity contribution in [3.05, 3.63) is 31.0 Å². The molecule has 1 fully saturated rings. The number of rotatable bonds is 3. The summed E-state index contributed by atoms with van der Waals surface area (Å²) < 4.78 is 7.38. The summed E-state index contributed by atoms with van der Waals surface area (Å²) in [6, 6.07) is 2.17. The van der Waals surface area contributed by atoms with Crippen LogP contribution in [0.5, 0.6) is 0 Å². The van der Waals surface area contributed by atoms with Gasteiger partial charge in [0.05, 0.1) is 36.9 Å². The van der Waals surface area contributed by atoms with Gasteiger partial charge in [0, 0.05) is 12.4 Å². The van der Waals surface area contributed by atoms with Crippen LogP contribution in [0.2, 0.25) is 0 Å². The Morgan fingerprint density at radius 3 is 3.25 bits per heavy atom. The fourth-order valence-corrected chi connectivity index (χ4v) is 2.50. The van der Waals surface area contributed by atoms with Crippen LogP contribution in [0.1, 0.15) is 6.04 Å². The van der Waals surface area contributed by atoms with Gasteiger partial charge in [0.25, 0.3) is 0 Å². The van der Waals surface area contributed by atoms with Crippen LogP contribution in [0.25, 0.3) is 11.0 Å². The van der Waals surface area contributed by atoms with Gasteiger partial charge in [0.2, 0.25) is 0 Å². The van der Waals surface area contributed by atoms with Gasteiger partial charge >= 0.3 is 0 Å². The number of fused-ring (bicyclic) bond motifs is 1. The molecule has 1 saturated heterocycles. The van der Waals surface area contributed by atoms with E-state index in [0.29, 0.717) is 13.2 Å². The summed E-state index contributed by atoms with van der Waals surface area (Å²) in [5.74, 6) is 0.803. The zero-order chi connectivity index (χ0) is 13.4. The molecule has 0 spiro atoms. The number of ether oxygens (including phenoxy) is 1. The van der Waals surface area contributed by atoms with Crippen molar-refractivity contribution in [2.24, 2.45) is 0 Å². The van der Waals surface area contributed by atoms with E-state index >= 15 is 0 Å². The van der Waals surface area contributed by atoms with Gasteiger partial charge in [0.1, 0.15) is 17.8 Å². The van der Waals surface area contributed by atoms with Crippen molar-refractivity contribution < 1.29 is 4.74 Å². The minimum absolute atomic E-state index is 0.102. The van der Waals surface area contributed by atoms with Crippen molar-refractivity contribution in [2.75, 3.05) is 18.5 Å². The maximum Gasteiger partial charge on any atom is 0.142 e. The lowest BCUT2D eigenvalue weighted by Gasteiger charge is -2.19. The first-order valence-electron chi connectivity index (χ1n) is 6.40. The van der Waals surface area contributed by atoms with Gasteiger partial charge in [-0.1, -0.05) is 5.21 Å². The molecule has 0 amide bonds. The average molecular weight is 271 g/mol. The first-order valence-corrected chi connectivity index (χ1v) is 6.40. The fourth-order valence-electron chi connectivity index (χ4n) is 2.50. The predicted octanol–water partition coefficient (Wildman–Crippen LogP) is 0.601. The van der Waals surface area contributed by atoms with Gasteiger partial charge in [-0.3, -0.25) is 0 Å². The van der Waals surface area contributed by atoms with Gasteiger partial charge in [-0.15, -0.1) is 5.10 Å². The third kappa shape index (κ3) is 1.81. The highest BCUT2D eigenvalue weighted by Gasteiger charge is 2.31. The standard InChI is InChI=1S/C12H13N7O/c1-2-13-11-8(1)12(15-7-14-11)17-9-5-20-6-10(9)19-4-3-16-18-19/h1-4,7,9-10H,5-6H2,(H2,13,14,15,17)/t9-,10+/m0/s1. The van der Waals surface area contributed by atoms with Crippen LogP contribution < -0.4 is 5.32 Å². The molecule has 1 aliphatic rings. The molecule has 1 aliphatic heterocycles. The van der Waals surface area contributed by atoms with Gasteiger partial charge in [-0.05, 0) is 6.07 Å². The first kappa shape index (κ1) is 11.4. The summed E-state index contributed by atoms with van der Waals surface area (Å²) in [6.07, 6.45) is 6.91. The highest BCUT2D eigenvalue weighted by Crippen LogP contribution is 2.24. The molecule has 102 valence electrons. The molecule has 4 heterocycles. The molecule has 2 N–H and O–H groups in total. The largest absolute Gasteiger partial charge is 0.377 e. The van der Waals surface area contributed by atoms with Crippen LogP contribution in [0.3, 0.4) is 0 Å². The number of aromatic nitrogens is 6. The zero-order valence-electron chi connectivity index (χ0n) is 10.6. The second kappa shape index (κ2) is 4.57. The third-order valence-electron chi connectivity index (χ3n) is 3.51. The van der Waals surface area contributed by atoms with Crippen LogP contribution >= 0.6 is 0 Å². The molecule has 20 heavy (non-hydrogen) atoms. The minimum atomic E-state index is 0.102. The number of hydrogen-bond donors (Lipinski definition) is 2. The van der Waals surface area contributed by atoms with E-state index < -0.39 is 0 Å². The maximum atomic E-state index is 5.56. The van der Waals surface area contributed by atoms with Gasteiger partial charge < -0.3 is 15.0 Å². The van der Waals surface area contributed by atoms with Crippen molar-refractivity contribution >= 4 is 16.9 Å². The van der Waals surface area contributed by atoms with Crippen LogP contribution in [-0.4, -0.2) is 49.2 Å². The van der Waals surface area contributed by atoms with Crippen molar-refractivity contribution in [1.29, 1.82) is 0 Å². The van der Waals surface area contributed by atoms with E-state index in [1.54, 1.807) is 12.5 Å². The summed E-state index contributed by atoms with van der Waals surface area (Å²) in [7, 11) is 0. The topological polar surface area (TPSA) is 93.5 Å². The summed E-state index contributed by atoms with van der Waals surface area (Å²) in [5, 5.41) is 12.3.